The average molecular weight is 421 g/mol. The summed E-state index contributed by atoms with van der Waals surface area (Å²) in [5.74, 6) is -1.35. The molecule has 0 spiro atoms. The molecule has 0 bridgehead atoms. The van der Waals surface area contributed by atoms with Crippen LogP contribution in [0.4, 0.5) is 0 Å². The van der Waals surface area contributed by atoms with Crippen LogP contribution in [0.2, 0.25) is 0 Å². The molecule has 7 heteroatoms. The van der Waals surface area contributed by atoms with Crippen molar-refractivity contribution in [2.75, 3.05) is 6.61 Å². The van der Waals surface area contributed by atoms with E-state index in [4.69, 9.17) is 4.74 Å². The predicted octanol–water partition coefficient (Wildman–Crippen LogP) is 1.32. The van der Waals surface area contributed by atoms with Crippen LogP contribution < -0.4 is 0 Å². The van der Waals surface area contributed by atoms with Gasteiger partial charge in [-0.05, 0) is 66.9 Å². The van der Waals surface area contributed by atoms with Gasteiger partial charge in [0.15, 0.2) is 12.4 Å². The number of aliphatic hydroxyl groups excluding tert-OH is 2. The molecule has 4 aliphatic rings. The van der Waals surface area contributed by atoms with Gasteiger partial charge in [0.2, 0.25) is 5.78 Å². The van der Waals surface area contributed by atoms with Crippen molar-refractivity contribution in [3.63, 3.8) is 0 Å². The molecule has 3 saturated carbocycles. The molecular weight excluding hydrogens is 388 g/mol. The van der Waals surface area contributed by atoms with E-state index >= 15 is 0 Å². The Morgan fingerprint density at radius 2 is 1.93 bits per heavy atom. The van der Waals surface area contributed by atoms with Crippen molar-refractivity contribution in [3.05, 3.63) is 11.6 Å². The second-order valence-corrected chi connectivity index (χ2v) is 10.3. The number of hydrogen-bond donors (Lipinski definition) is 3. The van der Waals surface area contributed by atoms with Gasteiger partial charge in [0.1, 0.15) is 5.60 Å². The quantitative estimate of drug-likeness (QED) is 0.589. The van der Waals surface area contributed by atoms with Gasteiger partial charge in [-0.1, -0.05) is 13.8 Å². The third-order valence-corrected chi connectivity index (χ3v) is 8.93. The van der Waals surface area contributed by atoms with Crippen molar-refractivity contribution in [3.8, 4) is 0 Å². The lowest BCUT2D eigenvalue weighted by Gasteiger charge is -2.61. The van der Waals surface area contributed by atoms with E-state index in [2.05, 4.69) is 0 Å². The van der Waals surface area contributed by atoms with Gasteiger partial charge in [-0.2, -0.15) is 0 Å². The molecule has 4 aliphatic carbocycles. The predicted molar refractivity (Wildman–Crippen MR) is 106 cm³/mol. The largest absolute Gasteiger partial charge is 0.458 e. The molecule has 0 aliphatic heterocycles. The standard InChI is InChI=1S/C23H32O7/c1-12(24)30-11-19(28)23(29)7-5-15-14-9-17(26)16-8-13(25)4-6-21(16,2)20(14)18(27)10-22(15,23)3/h8,14-15,17-18,20,26-27,29H,4-7,9-11H2,1-3H3/t14-,15-,17+,18+,20+,21+,22-,23-/m1/s1. The molecule has 0 aromatic rings. The summed E-state index contributed by atoms with van der Waals surface area (Å²) in [5, 5.41) is 33.7. The summed E-state index contributed by atoms with van der Waals surface area (Å²) < 4.78 is 4.86. The van der Waals surface area contributed by atoms with Crippen molar-refractivity contribution in [1.29, 1.82) is 0 Å². The van der Waals surface area contributed by atoms with Gasteiger partial charge >= 0.3 is 5.97 Å². The third kappa shape index (κ3) is 2.85. The minimum Gasteiger partial charge on any atom is -0.458 e. The molecule has 3 N–H and O–H groups in total. The first-order chi connectivity index (χ1) is 13.9. The normalized spacial score (nSPS) is 47.6. The maximum Gasteiger partial charge on any atom is 0.303 e. The van der Waals surface area contributed by atoms with Crippen LogP contribution in [0.1, 0.15) is 59.3 Å². The van der Waals surface area contributed by atoms with Crippen molar-refractivity contribution >= 4 is 17.5 Å². The highest BCUT2D eigenvalue weighted by Gasteiger charge is 2.69. The maximum absolute atomic E-state index is 12.9. The molecule has 7 nitrogen and oxygen atoms in total. The monoisotopic (exact) mass is 420 g/mol. The van der Waals surface area contributed by atoms with Gasteiger partial charge in [-0.15, -0.1) is 0 Å². The number of carbonyl (C=O) groups is 3. The van der Waals surface area contributed by atoms with Crippen LogP contribution in [0.5, 0.6) is 0 Å². The van der Waals surface area contributed by atoms with Crippen LogP contribution in [-0.2, 0) is 19.1 Å². The highest BCUT2D eigenvalue weighted by atomic mass is 16.5. The molecule has 0 unspecified atom stereocenters. The Bertz CT molecular complexity index is 818. The number of ketones is 2. The number of carbonyl (C=O) groups excluding carboxylic acids is 3. The van der Waals surface area contributed by atoms with E-state index in [9.17, 15) is 29.7 Å². The lowest BCUT2D eigenvalue weighted by atomic mass is 9.45. The summed E-state index contributed by atoms with van der Waals surface area (Å²) >= 11 is 0. The molecule has 3 fully saturated rings. The second kappa shape index (κ2) is 6.97. The summed E-state index contributed by atoms with van der Waals surface area (Å²) in [4.78, 5) is 36.0. The Balaban J connectivity index is 1.69. The fourth-order valence-corrected chi connectivity index (χ4v) is 7.49. The minimum absolute atomic E-state index is 0.0152. The summed E-state index contributed by atoms with van der Waals surface area (Å²) in [6.07, 6.45) is 2.54. The number of rotatable bonds is 3. The Hall–Kier alpha value is -1.57. The maximum atomic E-state index is 12.9. The van der Waals surface area contributed by atoms with Crippen LogP contribution in [0.3, 0.4) is 0 Å². The fraction of sp³-hybridized carbons (Fsp3) is 0.783. The SMILES string of the molecule is CC(=O)OCC(=O)[C@]1(O)CC[C@@H]2[C@H]3C[C@H](O)C4=CC(=O)CC[C@]4(C)[C@@H]3[C@@H](O)C[C@]21C. The van der Waals surface area contributed by atoms with E-state index in [0.29, 0.717) is 25.7 Å². The number of Topliss-reactive ketones (excluding diaryl/α,β-unsaturated/α-hetero) is 1. The second-order valence-electron chi connectivity index (χ2n) is 10.3. The highest BCUT2D eigenvalue weighted by Crippen LogP contribution is 2.67. The molecule has 0 aromatic carbocycles. The first-order valence-electron chi connectivity index (χ1n) is 10.9. The first-order valence-corrected chi connectivity index (χ1v) is 10.9. The van der Waals surface area contributed by atoms with Crippen LogP contribution in [0, 0.1) is 28.6 Å². The average Bonchev–Trinajstić information content (AvgIpc) is 2.93. The zero-order chi connectivity index (χ0) is 22.1. The Labute approximate surface area is 176 Å². The highest BCUT2D eigenvalue weighted by molar-refractivity contribution is 5.92. The molecule has 4 rings (SSSR count). The molecule has 30 heavy (non-hydrogen) atoms. The van der Waals surface area contributed by atoms with Gasteiger partial charge in [-0.3, -0.25) is 14.4 Å². The lowest BCUT2D eigenvalue weighted by Crippen LogP contribution is -2.63. The number of fused-ring (bicyclic) bond motifs is 5. The van der Waals surface area contributed by atoms with Gasteiger partial charge in [0.05, 0.1) is 12.2 Å². The number of hydrogen-bond acceptors (Lipinski definition) is 7. The van der Waals surface area contributed by atoms with Gasteiger partial charge in [0.25, 0.3) is 0 Å². The fourth-order valence-electron chi connectivity index (χ4n) is 7.49. The molecular formula is C23H32O7. The molecule has 0 amide bonds. The summed E-state index contributed by atoms with van der Waals surface area (Å²) in [6.45, 7) is 4.62. The van der Waals surface area contributed by atoms with Crippen LogP contribution >= 0.6 is 0 Å². The van der Waals surface area contributed by atoms with E-state index in [1.54, 1.807) is 6.08 Å². The Kier molecular flexibility index (Phi) is 5.03. The van der Waals surface area contributed by atoms with E-state index in [1.165, 1.54) is 6.92 Å². The van der Waals surface area contributed by atoms with Crippen molar-refractivity contribution < 1.29 is 34.4 Å². The van der Waals surface area contributed by atoms with E-state index < -0.39 is 47.0 Å². The molecule has 0 aromatic heterocycles. The smallest absolute Gasteiger partial charge is 0.303 e. The molecule has 0 saturated heterocycles. The molecule has 166 valence electrons. The number of esters is 1. The minimum atomic E-state index is -1.68. The van der Waals surface area contributed by atoms with E-state index in [0.717, 1.165) is 5.57 Å². The first kappa shape index (κ1) is 21.7. The van der Waals surface area contributed by atoms with Crippen molar-refractivity contribution in [1.82, 2.24) is 0 Å². The van der Waals surface area contributed by atoms with Gasteiger partial charge in [-0.25, -0.2) is 0 Å². The molecule has 0 radical (unpaired) electrons. The van der Waals surface area contributed by atoms with Crippen LogP contribution in [0.15, 0.2) is 11.6 Å². The van der Waals surface area contributed by atoms with Gasteiger partial charge in [0, 0.05) is 18.8 Å². The zero-order valence-electron chi connectivity index (χ0n) is 17.9. The third-order valence-electron chi connectivity index (χ3n) is 8.93. The van der Waals surface area contributed by atoms with E-state index in [-0.39, 0.29) is 36.4 Å². The van der Waals surface area contributed by atoms with Gasteiger partial charge < -0.3 is 20.1 Å². The van der Waals surface area contributed by atoms with E-state index in [1.807, 2.05) is 13.8 Å². The number of ether oxygens (including phenoxy) is 1. The van der Waals surface area contributed by atoms with Crippen molar-refractivity contribution in [2.45, 2.75) is 77.1 Å². The topological polar surface area (TPSA) is 121 Å². The van der Waals surface area contributed by atoms with Crippen LogP contribution in [-0.4, -0.2) is 57.3 Å². The molecule has 0 heterocycles. The zero-order valence-corrected chi connectivity index (χ0v) is 17.9. The Morgan fingerprint density at radius 3 is 2.60 bits per heavy atom. The number of aliphatic hydroxyl groups is 3. The Morgan fingerprint density at radius 1 is 1.23 bits per heavy atom. The van der Waals surface area contributed by atoms with Crippen LogP contribution in [0.25, 0.3) is 0 Å². The van der Waals surface area contributed by atoms with Crippen molar-refractivity contribution in [2.24, 2.45) is 28.6 Å². The molecule has 8 atom stereocenters. The summed E-state index contributed by atoms with van der Waals surface area (Å²) in [5.41, 5.74) is -2.29. The lowest BCUT2D eigenvalue weighted by molar-refractivity contribution is -0.188. The summed E-state index contributed by atoms with van der Waals surface area (Å²) in [7, 11) is 0. The summed E-state index contributed by atoms with van der Waals surface area (Å²) in [6, 6.07) is 0.